The number of hydrogen-bond donors (Lipinski definition) is 1. The van der Waals surface area contributed by atoms with E-state index in [0.29, 0.717) is 18.1 Å². The van der Waals surface area contributed by atoms with Crippen LogP contribution in [0.4, 0.5) is 11.4 Å². The normalized spacial score (nSPS) is 27.1. The smallest absolute Gasteiger partial charge is 0.248 e. The second-order valence-corrected chi connectivity index (χ2v) is 6.71. The molecule has 4 nitrogen and oxygen atoms in total. The Morgan fingerprint density at radius 2 is 2.29 bits per heavy atom. The van der Waals surface area contributed by atoms with Gasteiger partial charge in [0.2, 0.25) is 5.91 Å². The van der Waals surface area contributed by atoms with Crippen LogP contribution in [0.15, 0.2) is 22.7 Å². The minimum Gasteiger partial charge on any atom is -0.356 e. The van der Waals surface area contributed by atoms with E-state index in [4.69, 9.17) is 0 Å². The third-order valence-electron chi connectivity index (χ3n) is 3.11. The van der Waals surface area contributed by atoms with Gasteiger partial charge in [-0.3, -0.25) is 9.00 Å². The number of carbonyl (C=O) groups excluding carboxylic acids is 1. The predicted octanol–water partition coefficient (Wildman–Crippen LogP) is 1.34. The van der Waals surface area contributed by atoms with Gasteiger partial charge in [0.05, 0.1) is 17.1 Å². The lowest BCUT2D eigenvalue weighted by Crippen LogP contribution is -2.55. The molecular formula is C11H11BrN2O2S. The minimum absolute atomic E-state index is 0.0483. The molecule has 90 valence electrons. The first-order valence-electron chi connectivity index (χ1n) is 5.37. The first-order chi connectivity index (χ1) is 8.15. The maximum atomic E-state index is 11.9. The Morgan fingerprint density at radius 3 is 3.12 bits per heavy atom. The zero-order valence-electron chi connectivity index (χ0n) is 8.98. The first kappa shape index (κ1) is 11.2. The van der Waals surface area contributed by atoms with E-state index in [0.717, 1.165) is 15.8 Å². The van der Waals surface area contributed by atoms with Crippen molar-refractivity contribution in [3.63, 3.8) is 0 Å². The highest BCUT2D eigenvalue weighted by Crippen LogP contribution is 2.35. The maximum absolute atomic E-state index is 11.9. The minimum atomic E-state index is -0.876. The quantitative estimate of drug-likeness (QED) is 0.786. The van der Waals surface area contributed by atoms with Gasteiger partial charge in [-0.2, -0.15) is 0 Å². The summed E-state index contributed by atoms with van der Waals surface area (Å²) in [4.78, 5) is 14.0. The van der Waals surface area contributed by atoms with Crippen molar-refractivity contribution in [2.45, 2.75) is 6.04 Å². The Hall–Kier alpha value is -0.880. The summed E-state index contributed by atoms with van der Waals surface area (Å²) in [6.07, 6.45) is 0. The van der Waals surface area contributed by atoms with E-state index < -0.39 is 10.8 Å². The Balaban J connectivity index is 2.06. The van der Waals surface area contributed by atoms with Gasteiger partial charge in [-0.1, -0.05) is 15.9 Å². The molecule has 1 fully saturated rings. The van der Waals surface area contributed by atoms with Crippen LogP contribution in [-0.2, 0) is 15.6 Å². The molecule has 0 bridgehead atoms. The van der Waals surface area contributed by atoms with Crippen LogP contribution in [0.25, 0.3) is 0 Å². The van der Waals surface area contributed by atoms with E-state index >= 15 is 0 Å². The molecule has 0 aromatic heterocycles. The maximum Gasteiger partial charge on any atom is 0.248 e. The molecule has 1 aromatic rings. The second-order valence-electron chi connectivity index (χ2n) is 4.17. The van der Waals surface area contributed by atoms with Crippen LogP contribution in [0.2, 0.25) is 0 Å². The summed E-state index contributed by atoms with van der Waals surface area (Å²) >= 11 is 3.43. The van der Waals surface area contributed by atoms with Crippen LogP contribution in [-0.4, -0.2) is 34.2 Å². The molecule has 3 rings (SSSR count). The molecular weight excluding hydrogens is 304 g/mol. The molecule has 2 aliphatic heterocycles. The van der Waals surface area contributed by atoms with Crippen molar-refractivity contribution in [2.75, 3.05) is 28.3 Å². The molecule has 0 aliphatic carbocycles. The third-order valence-corrected chi connectivity index (χ3v) is 4.93. The molecule has 6 heteroatoms. The number of hydrogen-bond acceptors (Lipinski definition) is 3. The van der Waals surface area contributed by atoms with Gasteiger partial charge < -0.3 is 10.2 Å². The number of nitrogens with zero attached hydrogens (tertiary/aromatic N) is 1. The van der Waals surface area contributed by atoms with Gasteiger partial charge in [-0.15, -0.1) is 0 Å². The number of amides is 1. The van der Waals surface area contributed by atoms with E-state index in [1.54, 1.807) is 0 Å². The summed E-state index contributed by atoms with van der Waals surface area (Å²) in [6.45, 7) is 0.675. The van der Waals surface area contributed by atoms with Gasteiger partial charge in [-0.25, -0.2) is 0 Å². The summed E-state index contributed by atoms with van der Waals surface area (Å²) in [5.41, 5.74) is 1.85. The highest BCUT2D eigenvalue weighted by Gasteiger charge is 2.36. The highest BCUT2D eigenvalue weighted by molar-refractivity contribution is 9.10. The van der Waals surface area contributed by atoms with Crippen molar-refractivity contribution in [1.82, 2.24) is 0 Å². The fourth-order valence-electron chi connectivity index (χ4n) is 2.28. The Bertz CT molecular complexity index is 520. The van der Waals surface area contributed by atoms with Gasteiger partial charge >= 0.3 is 0 Å². The standard InChI is InChI=1S/C11H11BrN2O2S/c12-7-1-2-8-9(5-7)14-3-4-17(16)6-10(14)11(15)13-8/h1-2,5,10H,3-4,6H2,(H,13,15). The number of fused-ring (bicyclic) bond motifs is 3. The molecule has 1 amide bonds. The average Bonchev–Trinajstić information content (AvgIpc) is 2.30. The zero-order chi connectivity index (χ0) is 12.0. The van der Waals surface area contributed by atoms with Crippen LogP contribution in [0.1, 0.15) is 0 Å². The van der Waals surface area contributed by atoms with E-state index in [1.165, 1.54) is 0 Å². The highest BCUT2D eigenvalue weighted by atomic mass is 79.9. The number of benzene rings is 1. The van der Waals surface area contributed by atoms with Crippen LogP contribution < -0.4 is 10.2 Å². The van der Waals surface area contributed by atoms with Gasteiger partial charge in [-0.05, 0) is 18.2 Å². The third kappa shape index (κ3) is 1.89. The van der Waals surface area contributed by atoms with Crippen LogP contribution in [0.3, 0.4) is 0 Å². The SMILES string of the molecule is O=C1Nc2ccc(Br)cc2N2CCS(=O)CC12. The van der Waals surface area contributed by atoms with Crippen molar-refractivity contribution in [2.24, 2.45) is 0 Å². The lowest BCUT2D eigenvalue weighted by molar-refractivity contribution is -0.117. The van der Waals surface area contributed by atoms with Gasteiger partial charge in [0.1, 0.15) is 6.04 Å². The van der Waals surface area contributed by atoms with Crippen LogP contribution in [0, 0.1) is 0 Å². The number of halogens is 1. The van der Waals surface area contributed by atoms with E-state index in [2.05, 4.69) is 26.1 Å². The average molecular weight is 315 g/mol. The summed E-state index contributed by atoms with van der Waals surface area (Å²) in [5, 5.41) is 2.87. The Morgan fingerprint density at radius 1 is 1.47 bits per heavy atom. The van der Waals surface area contributed by atoms with Crippen LogP contribution >= 0.6 is 15.9 Å². The second kappa shape index (κ2) is 4.10. The topological polar surface area (TPSA) is 49.4 Å². The number of nitrogens with one attached hydrogen (secondary N) is 1. The Kier molecular flexibility index (Phi) is 2.71. The molecule has 1 saturated heterocycles. The van der Waals surface area contributed by atoms with Gasteiger partial charge in [0.25, 0.3) is 0 Å². The molecule has 1 aromatic carbocycles. The van der Waals surface area contributed by atoms with Gasteiger partial charge in [0.15, 0.2) is 0 Å². The van der Waals surface area contributed by atoms with Crippen LogP contribution in [0.5, 0.6) is 0 Å². The number of anilines is 2. The molecule has 0 radical (unpaired) electrons. The summed E-state index contributed by atoms with van der Waals surface area (Å²) in [5.74, 6) is 1.01. The molecule has 17 heavy (non-hydrogen) atoms. The molecule has 0 spiro atoms. The van der Waals surface area contributed by atoms with Crippen molar-refractivity contribution in [1.29, 1.82) is 0 Å². The molecule has 2 heterocycles. The fraction of sp³-hybridized carbons (Fsp3) is 0.364. The largest absolute Gasteiger partial charge is 0.356 e. The molecule has 0 saturated carbocycles. The van der Waals surface area contributed by atoms with Gasteiger partial charge in [0, 0.05) is 27.6 Å². The van der Waals surface area contributed by atoms with Crippen molar-refractivity contribution >= 4 is 44.0 Å². The monoisotopic (exact) mass is 314 g/mol. The number of rotatable bonds is 0. The van der Waals surface area contributed by atoms with Crippen molar-refractivity contribution in [3.05, 3.63) is 22.7 Å². The van der Waals surface area contributed by atoms with Crippen molar-refractivity contribution < 1.29 is 9.00 Å². The lowest BCUT2D eigenvalue weighted by atomic mass is 10.1. The molecule has 1 N–H and O–H groups in total. The molecule has 2 aliphatic rings. The molecule has 2 unspecified atom stereocenters. The van der Waals surface area contributed by atoms with Crippen molar-refractivity contribution in [3.8, 4) is 0 Å². The Labute approximate surface area is 110 Å². The predicted molar refractivity (Wildman–Crippen MR) is 71.8 cm³/mol. The van der Waals surface area contributed by atoms with E-state index in [9.17, 15) is 9.00 Å². The summed E-state index contributed by atoms with van der Waals surface area (Å²) in [6, 6.07) is 5.50. The fourth-order valence-corrected chi connectivity index (χ4v) is 3.87. The molecule has 2 atom stereocenters. The van der Waals surface area contributed by atoms with E-state index in [-0.39, 0.29) is 11.9 Å². The van der Waals surface area contributed by atoms with E-state index in [1.807, 2.05) is 18.2 Å². The first-order valence-corrected chi connectivity index (χ1v) is 7.65. The zero-order valence-corrected chi connectivity index (χ0v) is 11.4. The summed E-state index contributed by atoms with van der Waals surface area (Å²) < 4.78 is 12.5. The lowest BCUT2D eigenvalue weighted by Gasteiger charge is -2.40. The number of carbonyl (C=O) groups is 1. The summed E-state index contributed by atoms with van der Waals surface area (Å²) in [7, 11) is -0.876.